The van der Waals surface area contributed by atoms with Crippen molar-refractivity contribution in [3.8, 4) is 5.75 Å². The quantitative estimate of drug-likeness (QED) is 0.674. The Kier molecular flexibility index (Phi) is 7.90. The maximum atomic E-state index is 10.6. The van der Waals surface area contributed by atoms with Gasteiger partial charge in [0, 0.05) is 26.2 Å². The van der Waals surface area contributed by atoms with Crippen LogP contribution in [0.15, 0.2) is 48.5 Å². The zero-order chi connectivity index (χ0) is 19.8. The van der Waals surface area contributed by atoms with E-state index in [1.54, 1.807) is 0 Å². The van der Waals surface area contributed by atoms with Gasteiger partial charge < -0.3 is 14.6 Å². The molecule has 2 unspecified atom stereocenters. The summed E-state index contributed by atoms with van der Waals surface area (Å²) in [7, 11) is 0. The molecule has 0 saturated carbocycles. The van der Waals surface area contributed by atoms with E-state index in [9.17, 15) is 5.11 Å². The van der Waals surface area contributed by atoms with E-state index < -0.39 is 6.10 Å². The second kappa shape index (κ2) is 10.6. The largest absolute Gasteiger partial charge is 0.491 e. The molecule has 3 rings (SSSR count). The van der Waals surface area contributed by atoms with Crippen molar-refractivity contribution in [2.45, 2.75) is 51.9 Å². The first-order valence-corrected chi connectivity index (χ1v) is 10.4. The molecular formula is C24H33NO3. The van der Waals surface area contributed by atoms with Gasteiger partial charge in [-0.3, -0.25) is 4.90 Å². The molecule has 2 aromatic carbocycles. The minimum atomic E-state index is -0.544. The van der Waals surface area contributed by atoms with Gasteiger partial charge in [-0.05, 0) is 49.4 Å². The monoisotopic (exact) mass is 383 g/mol. The van der Waals surface area contributed by atoms with Gasteiger partial charge in [-0.2, -0.15) is 0 Å². The summed E-state index contributed by atoms with van der Waals surface area (Å²) in [6.07, 6.45) is 3.00. The second-order valence-corrected chi connectivity index (χ2v) is 7.78. The maximum absolute atomic E-state index is 10.6. The van der Waals surface area contributed by atoms with Crippen LogP contribution in [-0.2, 0) is 17.7 Å². The van der Waals surface area contributed by atoms with Crippen LogP contribution in [0.4, 0.5) is 0 Å². The third-order valence-corrected chi connectivity index (χ3v) is 5.26. The number of aliphatic hydroxyl groups excluding tert-OH is 1. The molecule has 0 bridgehead atoms. The Bertz CT molecular complexity index is 693. The van der Waals surface area contributed by atoms with Gasteiger partial charge in [0.2, 0.25) is 0 Å². The average Bonchev–Trinajstić information content (AvgIpc) is 3.21. The number of aliphatic hydroxyl groups is 1. The third kappa shape index (κ3) is 6.62. The van der Waals surface area contributed by atoms with Crippen LogP contribution in [0.3, 0.4) is 0 Å². The van der Waals surface area contributed by atoms with E-state index >= 15 is 0 Å². The number of aryl methyl sites for hydroxylation is 2. The molecule has 4 nitrogen and oxygen atoms in total. The zero-order valence-electron chi connectivity index (χ0n) is 17.1. The van der Waals surface area contributed by atoms with E-state index in [0.717, 1.165) is 44.7 Å². The molecule has 1 fully saturated rings. The number of rotatable bonds is 10. The van der Waals surface area contributed by atoms with Gasteiger partial charge in [0.05, 0.1) is 6.10 Å². The Hall–Kier alpha value is -1.88. The molecule has 0 aromatic heterocycles. The fourth-order valence-corrected chi connectivity index (χ4v) is 3.60. The van der Waals surface area contributed by atoms with Crippen LogP contribution < -0.4 is 4.74 Å². The summed E-state index contributed by atoms with van der Waals surface area (Å²) in [5, 5.41) is 10.6. The molecule has 4 heteroatoms. The summed E-state index contributed by atoms with van der Waals surface area (Å²) < 4.78 is 11.6. The van der Waals surface area contributed by atoms with Gasteiger partial charge in [0.1, 0.15) is 18.5 Å². The lowest BCUT2D eigenvalue weighted by atomic mass is 10.1. The minimum Gasteiger partial charge on any atom is -0.491 e. The van der Waals surface area contributed by atoms with Gasteiger partial charge >= 0.3 is 0 Å². The topological polar surface area (TPSA) is 41.9 Å². The van der Waals surface area contributed by atoms with Crippen LogP contribution in [0.1, 0.15) is 36.5 Å². The smallest absolute Gasteiger partial charge is 0.119 e. The molecule has 2 aromatic rings. The Labute approximate surface area is 169 Å². The molecule has 1 aliphatic heterocycles. The van der Waals surface area contributed by atoms with Crippen LogP contribution in [0.25, 0.3) is 0 Å². The zero-order valence-corrected chi connectivity index (χ0v) is 17.1. The van der Waals surface area contributed by atoms with Gasteiger partial charge in [0.15, 0.2) is 0 Å². The first-order chi connectivity index (χ1) is 13.6. The van der Waals surface area contributed by atoms with Gasteiger partial charge in [-0.15, -0.1) is 0 Å². The summed E-state index contributed by atoms with van der Waals surface area (Å²) >= 11 is 0. The van der Waals surface area contributed by atoms with Crippen molar-refractivity contribution < 1.29 is 14.6 Å². The SMILES string of the molecule is CCc1ccc(CN(CC(O)COc2ccc(C)cc2)CC2CCCO2)cc1. The summed E-state index contributed by atoms with van der Waals surface area (Å²) in [6, 6.07) is 16.7. The maximum Gasteiger partial charge on any atom is 0.119 e. The fourth-order valence-electron chi connectivity index (χ4n) is 3.60. The molecule has 1 heterocycles. The molecule has 1 saturated heterocycles. The van der Waals surface area contributed by atoms with E-state index in [0.29, 0.717) is 13.2 Å². The second-order valence-electron chi connectivity index (χ2n) is 7.78. The average molecular weight is 384 g/mol. The lowest BCUT2D eigenvalue weighted by Crippen LogP contribution is -2.39. The number of ether oxygens (including phenoxy) is 2. The van der Waals surface area contributed by atoms with E-state index in [4.69, 9.17) is 9.47 Å². The van der Waals surface area contributed by atoms with Gasteiger partial charge in [-0.25, -0.2) is 0 Å². The summed E-state index contributed by atoms with van der Waals surface area (Å²) in [6.45, 7) is 7.59. The lowest BCUT2D eigenvalue weighted by molar-refractivity contribution is 0.0313. The first kappa shape index (κ1) is 20.8. The standard InChI is InChI=1S/C24H33NO3/c1-3-20-8-10-21(11-9-20)15-25(17-24-5-4-14-27-24)16-22(26)18-28-23-12-6-19(2)7-13-23/h6-13,22,24,26H,3-5,14-18H2,1-2H3. The number of hydrogen-bond acceptors (Lipinski definition) is 4. The summed E-state index contributed by atoms with van der Waals surface area (Å²) in [5.74, 6) is 0.797. The molecule has 0 spiro atoms. The fraction of sp³-hybridized carbons (Fsp3) is 0.500. The Morgan fingerprint density at radius 2 is 1.82 bits per heavy atom. The molecule has 2 atom stereocenters. The Morgan fingerprint density at radius 3 is 2.46 bits per heavy atom. The van der Waals surface area contributed by atoms with Crippen molar-refractivity contribution in [1.29, 1.82) is 0 Å². The van der Waals surface area contributed by atoms with Crippen molar-refractivity contribution in [1.82, 2.24) is 4.90 Å². The highest BCUT2D eigenvalue weighted by molar-refractivity contribution is 5.26. The molecular weight excluding hydrogens is 350 g/mol. The van der Waals surface area contributed by atoms with E-state index in [1.165, 1.54) is 16.7 Å². The van der Waals surface area contributed by atoms with Crippen LogP contribution in [0, 0.1) is 6.92 Å². The van der Waals surface area contributed by atoms with Crippen molar-refractivity contribution in [2.75, 3.05) is 26.3 Å². The van der Waals surface area contributed by atoms with Crippen LogP contribution >= 0.6 is 0 Å². The predicted octanol–water partition coefficient (Wildman–Crippen LogP) is 3.98. The predicted molar refractivity (Wildman–Crippen MR) is 113 cm³/mol. The molecule has 0 amide bonds. The molecule has 0 aliphatic carbocycles. The van der Waals surface area contributed by atoms with Gasteiger partial charge in [0.25, 0.3) is 0 Å². The van der Waals surface area contributed by atoms with Crippen molar-refractivity contribution in [2.24, 2.45) is 0 Å². The van der Waals surface area contributed by atoms with Gasteiger partial charge in [-0.1, -0.05) is 48.9 Å². The third-order valence-electron chi connectivity index (χ3n) is 5.26. The van der Waals surface area contributed by atoms with Crippen LogP contribution in [0.5, 0.6) is 5.75 Å². The summed E-state index contributed by atoms with van der Waals surface area (Å²) in [4.78, 5) is 2.29. The Balaban J connectivity index is 1.55. The summed E-state index contributed by atoms with van der Waals surface area (Å²) in [5.41, 5.74) is 3.81. The lowest BCUT2D eigenvalue weighted by Gasteiger charge is -2.27. The van der Waals surface area contributed by atoms with Crippen molar-refractivity contribution in [3.63, 3.8) is 0 Å². The molecule has 0 radical (unpaired) electrons. The minimum absolute atomic E-state index is 0.264. The van der Waals surface area contributed by atoms with E-state index in [2.05, 4.69) is 43.0 Å². The number of nitrogens with zero attached hydrogens (tertiary/aromatic N) is 1. The highest BCUT2D eigenvalue weighted by Gasteiger charge is 2.21. The first-order valence-electron chi connectivity index (χ1n) is 10.4. The molecule has 1 aliphatic rings. The van der Waals surface area contributed by atoms with E-state index in [-0.39, 0.29) is 6.10 Å². The highest BCUT2D eigenvalue weighted by Crippen LogP contribution is 2.17. The highest BCUT2D eigenvalue weighted by atomic mass is 16.5. The van der Waals surface area contributed by atoms with Crippen LogP contribution in [0.2, 0.25) is 0 Å². The van der Waals surface area contributed by atoms with E-state index in [1.807, 2.05) is 24.3 Å². The number of hydrogen-bond donors (Lipinski definition) is 1. The number of benzene rings is 2. The normalized spacial score (nSPS) is 17.8. The molecule has 152 valence electrons. The van der Waals surface area contributed by atoms with Crippen molar-refractivity contribution >= 4 is 0 Å². The van der Waals surface area contributed by atoms with Crippen molar-refractivity contribution in [3.05, 3.63) is 65.2 Å². The van der Waals surface area contributed by atoms with Crippen LogP contribution in [-0.4, -0.2) is 48.5 Å². The molecule has 28 heavy (non-hydrogen) atoms. The molecule has 1 N–H and O–H groups in total. The Morgan fingerprint density at radius 1 is 1.11 bits per heavy atom.